The fraction of sp³-hybridized carbons (Fsp3) is 0.385. The molecule has 0 unspecified atom stereocenters. The van der Waals surface area contributed by atoms with Crippen molar-refractivity contribution in [2.75, 3.05) is 5.73 Å². The molecule has 0 fully saturated rings. The molecule has 0 aliphatic heterocycles. The van der Waals surface area contributed by atoms with E-state index in [0.717, 1.165) is 35.4 Å². The van der Waals surface area contributed by atoms with Crippen molar-refractivity contribution in [3.8, 4) is 0 Å². The molecule has 1 aromatic heterocycles. The Morgan fingerprint density at radius 2 is 2.17 bits per heavy atom. The Morgan fingerprint density at radius 1 is 1.33 bits per heavy atom. The van der Waals surface area contributed by atoms with Gasteiger partial charge in [0.25, 0.3) is 0 Å². The zero-order valence-corrected chi connectivity index (χ0v) is 11.6. The van der Waals surface area contributed by atoms with Gasteiger partial charge in [-0.3, -0.25) is 0 Å². The van der Waals surface area contributed by atoms with Crippen LogP contribution in [0, 0.1) is 6.92 Å². The molecule has 0 spiro atoms. The Bertz CT molecular complexity index is 521. The summed E-state index contributed by atoms with van der Waals surface area (Å²) >= 11 is 1.70. The van der Waals surface area contributed by atoms with E-state index in [1.807, 2.05) is 25.1 Å². The average molecular weight is 262 g/mol. The number of benzene rings is 1. The summed E-state index contributed by atoms with van der Waals surface area (Å²) in [5.74, 6) is 1.85. The highest BCUT2D eigenvalue weighted by atomic mass is 32.2. The normalized spacial score (nSPS) is 10.8. The lowest BCUT2D eigenvalue weighted by molar-refractivity contribution is 0.605. The number of hydrogen-bond acceptors (Lipinski definition) is 4. The second-order valence-electron chi connectivity index (χ2n) is 4.22. The smallest absolute Gasteiger partial charge is 0.191 e. The molecular formula is C13H18N4S. The van der Waals surface area contributed by atoms with Crippen LogP contribution in [0.4, 0.5) is 5.69 Å². The van der Waals surface area contributed by atoms with Gasteiger partial charge in [0.05, 0.1) is 0 Å². The fourth-order valence-electron chi connectivity index (χ4n) is 1.78. The fourth-order valence-corrected chi connectivity index (χ4v) is 2.73. The van der Waals surface area contributed by atoms with Gasteiger partial charge in [0.15, 0.2) is 5.16 Å². The summed E-state index contributed by atoms with van der Waals surface area (Å²) in [5, 5.41) is 9.33. The number of anilines is 1. The maximum Gasteiger partial charge on any atom is 0.191 e. The number of nitrogen functional groups attached to an aromatic ring is 1. The standard InChI is InChI=1S/C13H18N4S/c1-3-7-17-10(2)15-16-13(17)18-9-11-5-4-6-12(14)8-11/h4-6,8H,3,7,9,14H2,1-2H3. The molecular weight excluding hydrogens is 244 g/mol. The van der Waals surface area contributed by atoms with Crippen molar-refractivity contribution in [1.82, 2.24) is 14.8 Å². The maximum absolute atomic E-state index is 5.77. The van der Waals surface area contributed by atoms with E-state index in [1.54, 1.807) is 11.8 Å². The van der Waals surface area contributed by atoms with Gasteiger partial charge in [-0.25, -0.2) is 0 Å². The summed E-state index contributed by atoms with van der Waals surface area (Å²) in [5.41, 5.74) is 7.78. The van der Waals surface area contributed by atoms with Gasteiger partial charge in [-0.1, -0.05) is 30.8 Å². The predicted molar refractivity (Wildman–Crippen MR) is 75.5 cm³/mol. The summed E-state index contributed by atoms with van der Waals surface area (Å²) in [6.45, 7) is 5.12. The van der Waals surface area contributed by atoms with Crippen LogP contribution in [-0.2, 0) is 12.3 Å². The molecule has 18 heavy (non-hydrogen) atoms. The Labute approximate surface area is 112 Å². The van der Waals surface area contributed by atoms with Crippen molar-refractivity contribution in [1.29, 1.82) is 0 Å². The molecule has 96 valence electrons. The van der Waals surface area contributed by atoms with Gasteiger partial charge in [-0.05, 0) is 31.0 Å². The second-order valence-corrected chi connectivity index (χ2v) is 5.16. The van der Waals surface area contributed by atoms with E-state index in [9.17, 15) is 0 Å². The van der Waals surface area contributed by atoms with E-state index < -0.39 is 0 Å². The number of aryl methyl sites for hydroxylation is 1. The van der Waals surface area contributed by atoms with Gasteiger partial charge in [0.1, 0.15) is 5.82 Å². The molecule has 4 nitrogen and oxygen atoms in total. The first kappa shape index (κ1) is 13.0. The van der Waals surface area contributed by atoms with Crippen LogP contribution in [-0.4, -0.2) is 14.8 Å². The van der Waals surface area contributed by atoms with Crippen molar-refractivity contribution in [2.24, 2.45) is 0 Å². The highest BCUT2D eigenvalue weighted by molar-refractivity contribution is 7.98. The van der Waals surface area contributed by atoms with Gasteiger partial charge in [-0.15, -0.1) is 10.2 Å². The van der Waals surface area contributed by atoms with E-state index in [-0.39, 0.29) is 0 Å². The summed E-state index contributed by atoms with van der Waals surface area (Å²) in [6.07, 6.45) is 1.09. The average Bonchev–Trinajstić information content (AvgIpc) is 2.69. The van der Waals surface area contributed by atoms with E-state index in [4.69, 9.17) is 5.73 Å². The number of rotatable bonds is 5. The minimum atomic E-state index is 0.805. The van der Waals surface area contributed by atoms with Gasteiger partial charge < -0.3 is 10.3 Å². The monoisotopic (exact) mass is 262 g/mol. The molecule has 0 saturated carbocycles. The maximum atomic E-state index is 5.77. The summed E-state index contributed by atoms with van der Waals surface area (Å²) in [7, 11) is 0. The summed E-state index contributed by atoms with van der Waals surface area (Å²) in [4.78, 5) is 0. The summed E-state index contributed by atoms with van der Waals surface area (Å²) in [6, 6.07) is 7.96. The molecule has 5 heteroatoms. The molecule has 0 bridgehead atoms. The number of nitrogens with zero attached hydrogens (tertiary/aromatic N) is 3. The lowest BCUT2D eigenvalue weighted by Gasteiger charge is -2.06. The quantitative estimate of drug-likeness (QED) is 0.665. The first-order valence-corrected chi connectivity index (χ1v) is 7.06. The van der Waals surface area contributed by atoms with E-state index in [1.165, 1.54) is 5.56 Å². The van der Waals surface area contributed by atoms with Crippen molar-refractivity contribution in [3.63, 3.8) is 0 Å². The number of thioether (sulfide) groups is 1. The predicted octanol–water partition coefficient (Wildman–Crippen LogP) is 2.87. The molecule has 0 saturated heterocycles. The molecule has 0 radical (unpaired) electrons. The highest BCUT2D eigenvalue weighted by Crippen LogP contribution is 2.22. The van der Waals surface area contributed by atoms with Gasteiger partial charge in [-0.2, -0.15) is 0 Å². The van der Waals surface area contributed by atoms with Gasteiger partial charge in [0.2, 0.25) is 0 Å². The Kier molecular flexibility index (Phi) is 4.25. The third kappa shape index (κ3) is 3.04. The molecule has 0 aliphatic carbocycles. The van der Waals surface area contributed by atoms with E-state index >= 15 is 0 Å². The van der Waals surface area contributed by atoms with E-state index in [2.05, 4.69) is 27.8 Å². The molecule has 2 N–H and O–H groups in total. The first-order chi connectivity index (χ1) is 8.70. The van der Waals surface area contributed by atoms with Crippen LogP contribution in [0.15, 0.2) is 29.4 Å². The molecule has 1 heterocycles. The zero-order valence-electron chi connectivity index (χ0n) is 10.8. The third-order valence-corrected chi connectivity index (χ3v) is 3.71. The summed E-state index contributed by atoms with van der Waals surface area (Å²) < 4.78 is 2.16. The van der Waals surface area contributed by atoms with Crippen LogP contribution < -0.4 is 5.73 Å². The number of aromatic nitrogens is 3. The van der Waals surface area contributed by atoms with Crippen LogP contribution in [0.3, 0.4) is 0 Å². The largest absolute Gasteiger partial charge is 0.399 e. The van der Waals surface area contributed by atoms with Crippen molar-refractivity contribution in [3.05, 3.63) is 35.7 Å². The minimum absolute atomic E-state index is 0.805. The second kappa shape index (κ2) is 5.91. The first-order valence-electron chi connectivity index (χ1n) is 6.07. The lowest BCUT2D eigenvalue weighted by Crippen LogP contribution is -2.01. The van der Waals surface area contributed by atoms with Crippen LogP contribution >= 0.6 is 11.8 Å². The zero-order chi connectivity index (χ0) is 13.0. The van der Waals surface area contributed by atoms with Crippen LogP contribution in [0.2, 0.25) is 0 Å². The molecule has 1 aromatic carbocycles. The van der Waals surface area contributed by atoms with E-state index in [0.29, 0.717) is 0 Å². The van der Waals surface area contributed by atoms with Gasteiger partial charge in [0, 0.05) is 18.0 Å². The highest BCUT2D eigenvalue weighted by Gasteiger charge is 2.08. The van der Waals surface area contributed by atoms with Crippen LogP contribution in [0.1, 0.15) is 24.7 Å². The topological polar surface area (TPSA) is 56.7 Å². The Hall–Kier alpha value is -1.49. The van der Waals surface area contributed by atoms with Crippen molar-refractivity contribution >= 4 is 17.4 Å². The van der Waals surface area contributed by atoms with Crippen molar-refractivity contribution in [2.45, 2.75) is 37.7 Å². The SMILES string of the molecule is CCCn1c(C)nnc1SCc1cccc(N)c1. The van der Waals surface area contributed by atoms with Crippen LogP contribution in [0.5, 0.6) is 0 Å². The number of hydrogen-bond donors (Lipinski definition) is 1. The van der Waals surface area contributed by atoms with Gasteiger partial charge >= 0.3 is 0 Å². The minimum Gasteiger partial charge on any atom is -0.399 e. The lowest BCUT2D eigenvalue weighted by atomic mass is 10.2. The Morgan fingerprint density at radius 3 is 2.89 bits per heavy atom. The third-order valence-electron chi connectivity index (χ3n) is 2.67. The molecule has 0 amide bonds. The molecule has 2 aromatic rings. The molecule has 0 aliphatic rings. The number of nitrogens with two attached hydrogens (primary N) is 1. The molecule has 2 rings (SSSR count). The molecule has 0 atom stereocenters. The Balaban J connectivity index is 2.06. The van der Waals surface area contributed by atoms with Crippen LogP contribution in [0.25, 0.3) is 0 Å². The van der Waals surface area contributed by atoms with Crippen molar-refractivity contribution < 1.29 is 0 Å².